The van der Waals surface area contributed by atoms with Gasteiger partial charge < -0.3 is 9.88 Å². The molecule has 1 aliphatic heterocycles. The summed E-state index contributed by atoms with van der Waals surface area (Å²) in [5, 5.41) is 11.6. The maximum absolute atomic E-state index is 12.6. The van der Waals surface area contributed by atoms with Crippen LogP contribution in [0.25, 0.3) is 0 Å². The van der Waals surface area contributed by atoms with Crippen molar-refractivity contribution >= 4 is 33.2 Å². The molecule has 9 heteroatoms. The molecule has 1 N–H and O–H groups in total. The Morgan fingerprint density at radius 3 is 2.74 bits per heavy atom. The van der Waals surface area contributed by atoms with Gasteiger partial charge in [-0.05, 0) is 44.4 Å². The molecule has 2 unspecified atom stereocenters. The molecule has 1 aliphatic rings. The average molecular weight is 409 g/mol. The molecule has 0 aliphatic carbocycles. The Kier molecular flexibility index (Phi) is 5.62. The number of nitrogens with zero attached hydrogens (tertiary/aromatic N) is 3. The Labute approximate surface area is 163 Å². The standard InChI is InChI=1S/C18H24N4O3S2/c1-11-5-6-12(2)15(9-11)19-17(23)13(3)26-18-21-20-16(22(18)4)14-7-8-27(24,25)10-14/h5-6,9,13-14H,7-8,10H2,1-4H3,(H,19,23). The Morgan fingerprint density at radius 2 is 2.07 bits per heavy atom. The number of hydrogen-bond acceptors (Lipinski definition) is 6. The van der Waals surface area contributed by atoms with E-state index in [1.807, 2.05) is 46.0 Å². The fourth-order valence-corrected chi connectivity index (χ4v) is 5.66. The van der Waals surface area contributed by atoms with Crippen LogP contribution in [0.5, 0.6) is 0 Å². The number of nitrogens with one attached hydrogen (secondary N) is 1. The van der Waals surface area contributed by atoms with Gasteiger partial charge in [0, 0.05) is 18.7 Å². The van der Waals surface area contributed by atoms with E-state index in [0.29, 0.717) is 17.4 Å². The van der Waals surface area contributed by atoms with Gasteiger partial charge in [0.1, 0.15) is 5.82 Å². The summed E-state index contributed by atoms with van der Waals surface area (Å²) in [6.07, 6.45) is 0.571. The Bertz CT molecular complexity index is 969. The van der Waals surface area contributed by atoms with Crippen molar-refractivity contribution in [3.63, 3.8) is 0 Å². The normalized spacial score (nSPS) is 19.8. The molecule has 1 aromatic heterocycles. The molecule has 1 saturated heterocycles. The first kappa shape index (κ1) is 19.9. The number of sulfone groups is 1. The molecular formula is C18H24N4O3S2. The minimum Gasteiger partial charge on any atom is -0.325 e. The molecule has 2 atom stereocenters. The Morgan fingerprint density at radius 1 is 1.33 bits per heavy atom. The molecule has 0 spiro atoms. The smallest absolute Gasteiger partial charge is 0.237 e. The van der Waals surface area contributed by atoms with E-state index in [0.717, 1.165) is 16.8 Å². The van der Waals surface area contributed by atoms with Gasteiger partial charge in [0.05, 0.1) is 16.8 Å². The highest BCUT2D eigenvalue weighted by Gasteiger charge is 2.33. The molecule has 0 saturated carbocycles. The van der Waals surface area contributed by atoms with Crippen LogP contribution in [0.4, 0.5) is 5.69 Å². The summed E-state index contributed by atoms with van der Waals surface area (Å²) < 4.78 is 25.2. The van der Waals surface area contributed by atoms with Gasteiger partial charge in [0.15, 0.2) is 15.0 Å². The highest BCUT2D eigenvalue weighted by atomic mass is 32.2. The highest BCUT2D eigenvalue weighted by molar-refractivity contribution is 8.00. The van der Waals surface area contributed by atoms with Gasteiger partial charge in [-0.15, -0.1) is 10.2 Å². The van der Waals surface area contributed by atoms with Crippen molar-refractivity contribution in [1.29, 1.82) is 0 Å². The predicted octanol–water partition coefficient (Wildman–Crippen LogP) is 2.45. The zero-order valence-corrected chi connectivity index (χ0v) is 17.5. The van der Waals surface area contributed by atoms with Crippen molar-refractivity contribution in [2.45, 2.75) is 43.5 Å². The summed E-state index contributed by atoms with van der Waals surface area (Å²) in [5.74, 6) is 0.747. The van der Waals surface area contributed by atoms with Gasteiger partial charge in [-0.25, -0.2) is 8.42 Å². The lowest BCUT2D eigenvalue weighted by molar-refractivity contribution is -0.115. The molecular weight excluding hydrogens is 384 g/mol. The van der Waals surface area contributed by atoms with E-state index in [2.05, 4.69) is 15.5 Å². The van der Waals surface area contributed by atoms with Crippen LogP contribution in [0.1, 0.15) is 36.2 Å². The number of benzene rings is 1. The molecule has 3 rings (SSSR count). The molecule has 7 nitrogen and oxygen atoms in total. The molecule has 2 aromatic rings. The zero-order valence-electron chi connectivity index (χ0n) is 15.9. The van der Waals surface area contributed by atoms with Crippen LogP contribution in [0.15, 0.2) is 23.4 Å². The van der Waals surface area contributed by atoms with Crippen LogP contribution in [-0.4, -0.2) is 45.8 Å². The van der Waals surface area contributed by atoms with Gasteiger partial charge in [-0.2, -0.15) is 0 Å². The van der Waals surface area contributed by atoms with Gasteiger partial charge >= 0.3 is 0 Å². The van der Waals surface area contributed by atoms with Crippen molar-refractivity contribution in [2.75, 3.05) is 16.8 Å². The zero-order chi connectivity index (χ0) is 19.8. The fourth-order valence-electron chi connectivity index (χ4n) is 3.10. The molecule has 146 valence electrons. The van der Waals surface area contributed by atoms with E-state index >= 15 is 0 Å². The average Bonchev–Trinajstić information content (AvgIpc) is 3.13. The van der Waals surface area contributed by atoms with Crippen molar-refractivity contribution in [3.05, 3.63) is 35.2 Å². The molecule has 1 amide bonds. The quantitative estimate of drug-likeness (QED) is 0.764. The van der Waals surface area contributed by atoms with Crippen LogP contribution in [0.2, 0.25) is 0 Å². The number of amides is 1. The maximum atomic E-state index is 12.6. The summed E-state index contributed by atoms with van der Waals surface area (Å²) in [5.41, 5.74) is 2.90. The van der Waals surface area contributed by atoms with Gasteiger partial charge in [0.2, 0.25) is 5.91 Å². The molecule has 1 aromatic carbocycles. The van der Waals surface area contributed by atoms with E-state index in [9.17, 15) is 13.2 Å². The third kappa shape index (κ3) is 4.52. The van der Waals surface area contributed by atoms with Gasteiger partial charge in [-0.3, -0.25) is 4.79 Å². The van der Waals surface area contributed by atoms with Crippen molar-refractivity contribution in [1.82, 2.24) is 14.8 Å². The van der Waals surface area contributed by atoms with E-state index in [1.54, 1.807) is 4.57 Å². The van der Waals surface area contributed by atoms with E-state index in [1.165, 1.54) is 11.8 Å². The Balaban J connectivity index is 1.68. The minimum absolute atomic E-state index is 0.110. The minimum atomic E-state index is -2.98. The first-order chi connectivity index (χ1) is 12.7. The van der Waals surface area contributed by atoms with Gasteiger partial charge in [-0.1, -0.05) is 23.9 Å². The summed E-state index contributed by atoms with van der Waals surface area (Å²) in [4.78, 5) is 12.6. The summed E-state index contributed by atoms with van der Waals surface area (Å²) in [6.45, 7) is 5.76. The molecule has 27 heavy (non-hydrogen) atoms. The first-order valence-corrected chi connectivity index (χ1v) is 11.5. The SMILES string of the molecule is Cc1ccc(C)c(NC(=O)C(C)Sc2nnc(C3CCS(=O)(=O)C3)n2C)c1. The molecule has 0 radical (unpaired) electrons. The number of hydrogen-bond donors (Lipinski definition) is 1. The number of aromatic nitrogens is 3. The van der Waals surface area contributed by atoms with E-state index in [-0.39, 0.29) is 28.6 Å². The number of rotatable bonds is 5. The number of thioether (sulfide) groups is 1. The molecule has 1 fully saturated rings. The lowest BCUT2D eigenvalue weighted by Gasteiger charge is -2.14. The van der Waals surface area contributed by atoms with Crippen LogP contribution >= 0.6 is 11.8 Å². The van der Waals surface area contributed by atoms with Crippen molar-refractivity contribution in [3.8, 4) is 0 Å². The second-order valence-electron chi connectivity index (χ2n) is 7.07. The van der Waals surface area contributed by atoms with E-state index < -0.39 is 9.84 Å². The third-order valence-electron chi connectivity index (χ3n) is 4.77. The summed E-state index contributed by atoms with van der Waals surface area (Å²) >= 11 is 1.31. The molecule has 0 bridgehead atoms. The topological polar surface area (TPSA) is 94.0 Å². The van der Waals surface area contributed by atoms with Crippen LogP contribution in [0.3, 0.4) is 0 Å². The second-order valence-corrected chi connectivity index (χ2v) is 10.6. The number of carbonyl (C=O) groups excluding carboxylic acids is 1. The van der Waals surface area contributed by atoms with Crippen LogP contribution < -0.4 is 5.32 Å². The van der Waals surface area contributed by atoms with Crippen molar-refractivity contribution < 1.29 is 13.2 Å². The number of aryl methyl sites for hydroxylation is 2. The Hall–Kier alpha value is -1.87. The number of anilines is 1. The first-order valence-electron chi connectivity index (χ1n) is 8.81. The lowest BCUT2D eigenvalue weighted by Crippen LogP contribution is -2.23. The predicted molar refractivity (Wildman–Crippen MR) is 107 cm³/mol. The monoisotopic (exact) mass is 408 g/mol. The second kappa shape index (κ2) is 7.63. The largest absolute Gasteiger partial charge is 0.325 e. The van der Waals surface area contributed by atoms with Crippen LogP contribution in [-0.2, 0) is 21.7 Å². The molecule has 2 heterocycles. The van der Waals surface area contributed by atoms with Gasteiger partial charge in [0.25, 0.3) is 0 Å². The third-order valence-corrected chi connectivity index (χ3v) is 7.67. The highest BCUT2D eigenvalue weighted by Crippen LogP contribution is 2.30. The number of carbonyl (C=O) groups is 1. The lowest BCUT2D eigenvalue weighted by atomic mass is 10.1. The summed E-state index contributed by atoms with van der Waals surface area (Å²) in [6, 6.07) is 5.94. The maximum Gasteiger partial charge on any atom is 0.237 e. The van der Waals surface area contributed by atoms with E-state index in [4.69, 9.17) is 0 Å². The van der Waals surface area contributed by atoms with Crippen molar-refractivity contribution in [2.24, 2.45) is 7.05 Å². The van der Waals surface area contributed by atoms with Crippen LogP contribution in [0, 0.1) is 13.8 Å². The fraction of sp³-hybridized carbons (Fsp3) is 0.500. The summed E-state index contributed by atoms with van der Waals surface area (Å²) in [7, 11) is -1.16.